The topological polar surface area (TPSA) is 48.4 Å². The fraction of sp³-hybridized carbons (Fsp3) is 0.200. The number of esters is 1. The van der Waals surface area contributed by atoms with E-state index in [9.17, 15) is 31.1 Å². The maximum absolute atomic E-state index is 12.9. The van der Waals surface area contributed by atoms with Gasteiger partial charge in [-0.1, -0.05) is 12.1 Å². The van der Waals surface area contributed by atoms with E-state index in [1.807, 2.05) is 0 Å². The Morgan fingerprint density at radius 1 is 1.08 bits per heavy atom. The summed E-state index contributed by atoms with van der Waals surface area (Å²) < 4.78 is 83.6. The molecule has 1 aromatic carbocycles. The average Bonchev–Trinajstić information content (AvgIpc) is 2.51. The number of halogens is 6. The van der Waals surface area contributed by atoms with Gasteiger partial charge in [0, 0.05) is 11.8 Å². The molecule has 0 unspecified atom stereocenters. The summed E-state index contributed by atoms with van der Waals surface area (Å²) in [5.41, 5.74) is -2.24. The molecule has 0 fully saturated rings. The third-order valence-corrected chi connectivity index (χ3v) is 2.98. The van der Waals surface area contributed by atoms with Gasteiger partial charge in [0.25, 0.3) is 0 Å². The SMILES string of the molecule is COC(=O)c1cc(-c2cccc(OC(F)(F)F)c2)ncc1C(F)(F)F. The van der Waals surface area contributed by atoms with Gasteiger partial charge in [0.2, 0.25) is 0 Å². The largest absolute Gasteiger partial charge is 0.573 e. The first-order valence-electron chi connectivity index (χ1n) is 6.53. The molecular formula is C15H9F6NO3. The van der Waals surface area contributed by atoms with Crippen LogP contribution in [0.4, 0.5) is 26.3 Å². The van der Waals surface area contributed by atoms with Crippen molar-refractivity contribution in [2.45, 2.75) is 12.5 Å². The number of nitrogens with zero attached hydrogens (tertiary/aromatic N) is 1. The molecule has 0 aliphatic carbocycles. The highest BCUT2D eigenvalue weighted by molar-refractivity contribution is 5.92. The number of ether oxygens (including phenoxy) is 2. The molecule has 0 aliphatic rings. The second kappa shape index (κ2) is 6.61. The summed E-state index contributed by atoms with van der Waals surface area (Å²) in [6.45, 7) is 0. The Hall–Kier alpha value is -2.78. The Bertz CT molecular complexity index is 786. The first-order valence-corrected chi connectivity index (χ1v) is 6.53. The van der Waals surface area contributed by atoms with Crippen LogP contribution in [-0.4, -0.2) is 24.4 Å². The van der Waals surface area contributed by atoms with Crippen LogP contribution in [0.1, 0.15) is 15.9 Å². The minimum atomic E-state index is -4.93. The zero-order chi connectivity index (χ0) is 18.8. The third-order valence-electron chi connectivity index (χ3n) is 2.98. The van der Waals surface area contributed by atoms with Crippen molar-refractivity contribution < 1.29 is 40.6 Å². The Kier molecular flexibility index (Phi) is 4.91. The first kappa shape index (κ1) is 18.6. The van der Waals surface area contributed by atoms with Gasteiger partial charge < -0.3 is 9.47 Å². The molecular weight excluding hydrogens is 356 g/mol. The lowest BCUT2D eigenvalue weighted by atomic mass is 10.0. The van der Waals surface area contributed by atoms with E-state index >= 15 is 0 Å². The van der Waals surface area contributed by atoms with E-state index in [2.05, 4.69) is 14.5 Å². The maximum atomic E-state index is 12.9. The zero-order valence-corrected chi connectivity index (χ0v) is 12.4. The van der Waals surface area contributed by atoms with Crippen LogP contribution < -0.4 is 4.74 Å². The van der Waals surface area contributed by atoms with Gasteiger partial charge in [0.1, 0.15) is 5.75 Å². The van der Waals surface area contributed by atoms with Gasteiger partial charge in [-0.25, -0.2) is 4.79 Å². The Labute approximate surface area is 137 Å². The van der Waals surface area contributed by atoms with Crippen LogP contribution >= 0.6 is 0 Å². The number of carbonyl (C=O) groups excluding carboxylic acids is 1. The van der Waals surface area contributed by atoms with E-state index < -0.39 is 35.4 Å². The lowest BCUT2D eigenvalue weighted by Crippen LogP contribution is -2.17. The van der Waals surface area contributed by atoms with E-state index in [0.29, 0.717) is 6.20 Å². The zero-order valence-electron chi connectivity index (χ0n) is 12.4. The maximum Gasteiger partial charge on any atom is 0.573 e. The number of benzene rings is 1. The van der Waals surface area contributed by atoms with Gasteiger partial charge in [0.15, 0.2) is 0 Å². The van der Waals surface area contributed by atoms with Crippen molar-refractivity contribution in [3.8, 4) is 17.0 Å². The summed E-state index contributed by atoms with van der Waals surface area (Å²) >= 11 is 0. The number of aromatic nitrogens is 1. The van der Waals surface area contributed by atoms with Crippen LogP contribution in [0.25, 0.3) is 11.3 Å². The minimum absolute atomic E-state index is 0.0284. The second-order valence-electron chi connectivity index (χ2n) is 4.68. The Morgan fingerprint density at radius 3 is 2.32 bits per heavy atom. The lowest BCUT2D eigenvalue weighted by molar-refractivity contribution is -0.274. The molecule has 1 aromatic heterocycles. The van der Waals surface area contributed by atoms with E-state index in [-0.39, 0.29) is 11.3 Å². The molecule has 0 aliphatic heterocycles. The summed E-state index contributed by atoms with van der Waals surface area (Å²) in [6, 6.07) is 5.25. The highest BCUT2D eigenvalue weighted by Crippen LogP contribution is 2.34. The second-order valence-corrected chi connectivity index (χ2v) is 4.68. The molecule has 25 heavy (non-hydrogen) atoms. The quantitative estimate of drug-likeness (QED) is 0.596. The summed E-state index contributed by atoms with van der Waals surface area (Å²) in [6.07, 6.45) is -9.36. The van der Waals surface area contributed by atoms with Gasteiger partial charge in [-0.15, -0.1) is 13.2 Å². The molecule has 4 nitrogen and oxygen atoms in total. The molecule has 0 amide bonds. The molecule has 0 radical (unpaired) electrons. The molecule has 134 valence electrons. The molecule has 0 atom stereocenters. The van der Waals surface area contributed by atoms with Crippen LogP contribution in [0.3, 0.4) is 0 Å². The molecule has 2 aromatic rings. The summed E-state index contributed by atoms with van der Waals surface area (Å²) in [4.78, 5) is 15.2. The lowest BCUT2D eigenvalue weighted by Gasteiger charge is -2.13. The fourth-order valence-electron chi connectivity index (χ4n) is 1.97. The third kappa shape index (κ3) is 4.61. The van der Waals surface area contributed by atoms with Crippen molar-refractivity contribution in [2.75, 3.05) is 7.11 Å². The van der Waals surface area contributed by atoms with Gasteiger partial charge in [-0.05, 0) is 18.2 Å². The van der Waals surface area contributed by atoms with E-state index in [1.54, 1.807) is 0 Å². The fourth-order valence-corrected chi connectivity index (χ4v) is 1.97. The molecule has 2 rings (SSSR count). The van der Waals surface area contributed by atoms with E-state index in [4.69, 9.17) is 0 Å². The number of hydrogen-bond donors (Lipinski definition) is 0. The number of rotatable bonds is 3. The smallest absolute Gasteiger partial charge is 0.465 e. The van der Waals surface area contributed by atoms with Gasteiger partial charge >= 0.3 is 18.5 Å². The number of methoxy groups -OCH3 is 1. The van der Waals surface area contributed by atoms with Crippen LogP contribution in [0, 0.1) is 0 Å². The van der Waals surface area contributed by atoms with Crippen molar-refractivity contribution >= 4 is 5.97 Å². The van der Waals surface area contributed by atoms with Crippen LogP contribution in [0.5, 0.6) is 5.75 Å². The number of pyridine rings is 1. The summed E-state index contributed by atoms with van der Waals surface area (Å²) in [5, 5.41) is 0. The van der Waals surface area contributed by atoms with Crippen LogP contribution in [0.15, 0.2) is 36.5 Å². The predicted molar refractivity (Wildman–Crippen MR) is 72.7 cm³/mol. The van der Waals surface area contributed by atoms with Gasteiger partial charge in [-0.2, -0.15) is 13.2 Å². The van der Waals surface area contributed by atoms with Crippen LogP contribution in [-0.2, 0) is 10.9 Å². The van der Waals surface area contributed by atoms with E-state index in [1.165, 1.54) is 12.1 Å². The Balaban J connectivity index is 2.50. The Morgan fingerprint density at radius 2 is 1.76 bits per heavy atom. The van der Waals surface area contributed by atoms with Crippen molar-refractivity contribution in [3.05, 3.63) is 47.7 Å². The van der Waals surface area contributed by atoms with Crippen molar-refractivity contribution in [1.29, 1.82) is 0 Å². The number of alkyl halides is 6. The molecule has 0 saturated heterocycles. The monoisotopic (exact) mass is 365 g/mol. The molecule has 0 saturated carbocycles. The van der Waals surface area contributed by atoms with Crippen molar-refractivity contribution in [3.63, 3.8) is 0 Å². The highest BCUT2D eigenvalue weighted by Gasteiger charge is 2.36. The van der Waals surface area contributed by atoms with Crippen LogP contribution in [0.2, 0.25) is 0 Å². The molecule has 0 N–H and O–H groups in total. The van der Waals surface area contributed by atoms with E-state index in [0.717, 1.165) is 25.3 Å². The molecule has 0 bridgehead atoms. The molecule has 0 spiro atoms. The highest BCUT2D eigenvalue weighted by atomic mass is 19.4. The van der Waals surface area contributed by atoms with Gasteiger partial charge in [-0.3, -0.25) is 4.98 Å². The average molecular weight is 365 g/mol. The normalized spacial score (nSPS) is 12.0. The van der Waals surface area contributed by atoms with Crippen molar-refractivity contribution in [2.24, 2.45) is 0 Å². The standard InChI is InChI=1S/C15H9F6NO3/c1-24-13(23)10-6-12(22-7-11(10)14(16,17)18)8-3-2-4-9(5-8)25-15(19,20)21/h2-7H,1H3. The summed E-state index contributed by atoms with van der Waals surface area (Å²) in [7, 11) is 0.903. The van der Waals surface area contributed by atoms with Crippen molar-refractivity contribution in [1.82, 2.24) is 4.98 Å². The minimum Gasteiger partial charge on any atom is -0.465 e. The molecule has 1 heterocycles. The number of hydrogen-bond acceptors (Lipinski definition) is 4. The predicted octanol–water partition coefficient (Wildman–Crippen LogP) is 4.45. The van der Waals surface area contributed by atoms with Gasteiger partial charge in [0.05, 0.1) is 23.9 Å². The first-order chi connectivity index (χ1) is 11.5. The molecule has 10 heteroatoms. The summed E-state index contributed by atoms with van der Waals surface area (Å²) in [5.74, 6) is -1.83. The number of carbonyl (C=O) groups is 1.